The maximum Gasteiger partial charge on any atom is 0.230 e. The van der Waals surface area contributed by atoms with Crippen molar-refractivity contribution in [3.8, 4) is 5.75 Å². The van der Waals surface area contributed by atoms with Crippen molar-refractivity contribution in [1.82, 2.24) is 4.90 Å². The number of carbonyl (C=O) groups excluding carboxylic acids is 1. The van der Waals surface area contributed by atoms with Crippen molar-refractivity contribution in [1.29, 1.82) is 0 Å². The van der Waals surface area contributed by atoms with Crippen LogP contribution in [0.15, 0.2) is 36.4 Å². The molecular formula is C21H29ClN2O2. The van der Waals surface area contributed by atoms with Gasteiger partial charge in [0.2, 0.25) is 5.91 Å². The summed E-state index contributed by atoms with van der Waals surface area (Å²) in [6.07, 6.45) is 2.07. The van der Waals surface area contributed by atoms with E-state index in [0.717, 1.165) is 41.5 Å². The maximum absolute atomic E-state index is 13.1. The van der Waals surface area contributed by atoms with Gasteiger partial charge in [-0.2, -0.15) is 0 Å². The molecule has 1 heterocycles. The third kappa shape index (κ3) is 4.13. The first kappa shape index (κ1) is 20.5. The maximum atomic E-state index is 13.1. The highest BCUT2D eigenvalue weighted by Crippen LogP contribution is 2.29. The molecule has 2 aromatic carbocycles. The molecule has 1 fully saturated rings. The highest BCUT2D eigenvalue weighted by Gasteiger charge is 2.31. The second-order valence-electron chi connectivity index (χ2n) is 7.24. The van der Waals surface area contributed by atoms with Crippen LogP contribution >= 0.6 is 12.4 Å². The van der Waals surface area contributed by atoms with Gasteiger partial charge in [0.05, 0.1) is 13.0 Å². The number of hydrogen-bond donors (Lipinski definition) is 1. The van der Waals surface area contributed by atoms with Crippen LogP contribution in [0.2, 0.25) is 0 Å². The number of hydrogen-bond acceptors (Lipinski definition) is 3. The molecule has 0 radical (unpaired) electrons. The van der Waals surface area contributed by atoms with Crippen LogP contribution < -0.4 is 10.5 Å². The van der Waals surface area contributed by atoms with Gasteiger partial charge < -0.3 is 15.4 Å². The number of piperidine rings is 1. The van der Waals surface area contributed by atoms with E-state index in [4.69, 9.17) is 10.5 Å². The third-order valence-corrected chi connectivity index (χ3v) is 5.48. The molecule has 0 spiro atoms. The summed E-state index contributed by atoms with van der Waals surface area (Å²) in [5.41, 5.74) is 6.98. The summed E-state index contributed by atoms with van der Waals surface area (Å²) in [4.78, 5) is 15.1. The second kappa shape index (κ2) is 8.74. The van der Waals surface area contributed by atoms with Crippen LogP contribution in [0, 0.1) is 5.92 Å². The van der Waals surface area contributed by atoms with Crippen molar-refractivity contribution in [2.24, 2.45) is 11.7 Å². The van der Waals surface area contributed by atoms with Gasteiger partial charge in [-0.1, -0.05) is 31.2 Å². The molecule has 5 heteroatoms. The van der Waals surface area contributed by atoms with Crippen LogP contribution in [0.3, 0.4) is 0 Å². The number of likely N-dealkylation sites (tertiary alicyclic amines) is 1. The first-order chi connectivity index (χ1) is 12.0. The summed E-state index contributed by atoms with van der Waals surface area (Å²) < 4.78 is 5.28. The van der Waals surface area contributed by atoms with Crippen molar-refractivity contribution in [3.05, 3.63) is 42.0 Å². The van der Waals surface area contributed by atoms with Crippen LogP contribution in [0.4, 0.5) is 0 Å². The average molecular weight is 377 g/mol. The number of methoxy groups -OCH3 is 1. The fourth-order valence-electron chi connectivity index (χ4n) is 3.80. The van der Waals surface area contributed by atoms with Gasteiger partial charge in [-0.05, 0) is 54.2 Å². The van der Waals surface area contributed by atoms with Crippen LogP contribution in [0.25, 0.3) is 10.8 Å². The van der Waals surface area contributed by atoms with Gasteiger partial charge in [0, 0.05) is 19.1 Å². The zero-order valence-corrected chi connectivity index (χ0v) is 16.6. The van der Waals surface area contributed by atoms with E-state index in [0.29, 0.717) is 12.5 Å². The van der Waals surface area contributed by atoms with Gasteiger partial charge in [-0.25, -0.2) is 0 Å². The number of ether oxygens (including phenoxy) is 1. The lowest BCUT2D eigenvalue weighted by Gasteiger charge is -2.39. The predicted octanol–water partition coefficient (Wildman–Crippen LogP) is 3.96. The van der Waals surface area contributed by atoms with E-state index in [1.807, 2.05) is 36.1 Å². The molecule has 0 aromatic heterocycles. The molecule has 4 nitrogen and oxygen atoms in total. The van der Waals surface area contributed by atoms with Crippen LogP contribution in [-0.4, -0.2) is 37.0 Å². The predicted molar refractivity (Wildman–Crippen MR) is 109 cm³/mol. The molecule has 1 saturated heterocycles. The minimum absolute atomic E-state index is 0. The highest BCUT2D eigenvalue weighted by molar-refractivity contribution is 5.88. The molecule has 0 saturated carbocycles. The summed E-state index contributed by atoms with van der Waals surface area (Å²) in [6, 6.07) is 12.4. The molecular weight excluding hydrogens is 348 g/mol. The van der Waals surface area contributed by atoms with E-state index in [-0.39, 0.29) is 30.3 Å². The lowest BCUT2D eigenvalue weighted by atomic mass is 9.90. The first-order valence-corrected chi connectivity index (χ1v) is 9.11. The molecule has 3 unspecified atom stereocenters. The van der Waals surface area contributed by atoms with Gasteiger partial charge in [-0.3, -0.25) is 4.79 Å². The van der Waals surface area contributed by atoms with E-state index in [1.165, 1.54) is 0 Å². The highest BCUT2D eigenvalue weighted by atomic mass is 35.5. The monoisotopic (exact) mass is 376 g/mol. The van der Waals surface area contributed by atoms with Crippen molar-refractivity contribution >= 4 is 29.1 Å². The Hall–Kier alpha value is -1.78. The van der Waals surface area contributed by atoms with E-state index < -0.39 is 0 Å². The van der Waals surface area contributed by atoms with Gasteiger partial charge in [0.1, 0.15) is 5.75 Å². The number of halogens is 1. The Kier molecular flexibility index (Phi) is 6.90. The Morgan fingerprint density at radius 3 is 2.65 bits per heavy atom. The molecule has 0 aliphatic carbocycles. The number of rotatable bonds is 4. The van der Waals surface area contributed by atoms with Crippen molar-refractivity contribution < 1.29 is 9.53 Å². The molecule has 26 heavy (non-hydrogen) atoms. The third-order valence-electron chi connectivity index (χ3n) is 5.48. The van der Waals surface area contributed by atoms with E-state index in [9.17, 15) is 4.79 Å². The van der Waals surface area contributed by atoms with Crippen LogP contribution in [0.5, 0.6) is 5.75 Å². The van der Waals surface area contributed by atoms with Crippen molar-refractivity contribution in [2.75, 3.05) is 20.2 Å². The number of benzene rings is 2. The fraction of sp³-hybridized carbons (Fsp3) is 0.476. The average Bonchev–Trinajstić information content (AvgIpc) is 2.65. The number of nitrogens with two attached hydrogens (primary N) is 1. The molecule has 142 valence electrons. The van der Waals surface area contributed by atoms with Gasteiger partial charge in [0.15, 0.2) is 0 Å². The summed E-state index contributed by atoms with van der Waals surface area (Å²) >= 11 is 0. The Balaban J connectivity index is 0.00000243. The van der Waals surface area contributed by atoms with Crippen LogP contribution in [-0.2, 0) is 4.79 Å². The molecule has 1 amide bonds. The number of fused-ring (bicyclic) bond motifs is 1. The molecule has 0 bridgehead atoms. The summed E-state index contributed by atoms with van der Waals surface area (Å²) in [5.74, 6) is 1.52. The molecule has 3 atom stereocenters. The minimum atomic E-state index is -0.158. The zero-order chi connectivity index (χ0) is 18.0. The van der Waals surface area contributed by atoms with Gasteiger partial charge in [0.25, 0.3) is 0 Å². The molecule has 2 aromatic rings. The van der Waals surface area contributed by atoms with E-state index >= 15 is 0 Å². The Morgan fingerprint density at radius 2 is 1.96 bits per heavy atom. The molecule has 1 aliphatic heterocycles. The Labute approximate surface area is 162 Å². The lowest BCUT2D eigenvalue weighted by Crippen LogP contribution is -2.50. The van der Waals surface area contributed by atoms with Gasteiger partial charge in [-0.15, -0.1) is 12.4 Å². The standard InChI is InChI=1S/C21H28N2O2.ClH/c1-14-8-9-23(19(10-14)13-22)21(24)15(2)16-4-5-18-12-20(25-3)7-6-17(18)11-16;/h4-7,11-12,14-15,19H,8-10,13,22H2,1-3H3;1H. The number of carbonyl (C=O) groups is 1. The van der Waals surface area contributed by atoms with Crippen LogP contribution in [0.1, 0.15) is 38.2 Å². The Bertz CT molecular complexity index is 765. The van der Waals surface area contributed by atoms with Crippen molar-refractivity contribution in [2.45, 2.75) is 38.6 Å². The quantitative estimate of drug-likeness (QED) is 0.878. The summed E-state index contributed by atoms with van der Waals surface area (Å²) in [6.45, 7) is 5.60. The molecule has 3 rings (SSSR count). The number of nitrogens with zero attached hydrogens (tertiary/aromatic N) is 1. The van der Waals surface area contributed by atoms with Gasteiger partial charge >= 0.3 is 0 Å². The fourth-order valence-corrected chi connectivity index (χ4v) is 3.80. The topological polar surface area (TPSA) is 55.6 Å². The summed E-state index contributed by atoms with van der Waals surface area (Å²) in [7, 11) is 1.67. The van der Waals surface area contributed by atoms with E-state index in [1.54, 1.807) is 7.11 Å². The first-order valence-electron chi connectivity index (χ1n) is 9.11. The Morgan fingerprint density at radius 1 is 1.27 bits per heavy atom. The van der Waals surface area contributed by atoms with E-state index in [2.05, 4.69) is 19.1 Å². The molecule has 2 N–H and O–H groups in total. The normalized spacial score (nSPS) is 21.2. The SMILES string of the molecule is COc1ccc2cc(C(C)C(=O)N3CCC(C)CC3CN)ccc2c1.Cl. The van der Waals surface area contributed by atoms with Crippen molar-refractivity contribution in [3.63, 3.8) is 0 Å². The second-order valence-corrected chi connectivity index (χ2v) is 7.24. The molecule has 1 aliphatic rings. The largest absolute Gasteiger partial charge is 0.497 e. The smallest absolute Gasteiger partial charge is 0.230 e. The summed E-state index contributed by atoms with van der Waals surface area (Å²) in [5, 5.41) is 2.25. The lowest BCUT2D eigenvalue weighted by molar-refractivity contribution is -0.136. The number of amides is 1. The zero-order valence-electron chi connectivity index (χ0n) is 15.8. The minimum Gasteiger partial charge on any atom is -0.497 e.